The molecule has 0 saturated carbocycles. The highest BCUT2D eigenvalue weighted by molar-refractivity contribution is 5.79. The molecule has 0 radical (unpaired) electrons. The Labute approximate surface area is 120 Å². The smallest absolute Gasteiger partial charge is 0.304 e. The Morgan fingerprint density at radius 2 is 1.80 bits per heavy atom. The number of nitrogens with two attached hydrogens (primary N) is 1. The number of rotatable bonds is 7. The number of carbonyl (C=O) groups is 2. The molecule has 1 unspecified atom stereocenters. The number of carbonyl (C=O) groups excluding carboxylic acids is 1. The van der Waals surface area contributed by atoms with Crippen LogP contribution in [0, 0.1) is 11.8 Å². The third kappa shape index (κ3) is 5.46. The Balaban J connectivity index is 2.39. The summed E-state index contributed by atoms with van der Waals surface area (Å²) in [6, 6.07) is 0. The average Bonchev–Trinajstić information content (AvgIpc) is 2.42. The van der Waals surface area contributed by atoms with Crippen LogP contribution in [0.3, 0.4) is 0 Å². The zero-order valence-electron chi connectivity index (χ0n) is 12.5. The van der Waals surface area contributed by atoms with Crippen molar-refractivity contribution in [3.63, 3.8) is 0 Å². The van der Waals surface area contributed by atoms with Crippen molar-refractivity contribution >= 4 is 11.9 Å². The van der Waals surface area contributed by atoms with Gasteiger partial charge in [0.05, 0.1) is 12.3 Å². The summed E-state index contributed by atoms with van der Waals surface area (Å²) >= 11 is 0. The Hall–Kier alpha value is -1.14. The van der Waals surface area contributed by atoms with E-state index in [4.69, 9.17) is 10.8 Å². The average molecular weight is 285 g/mol. The highest BCUT2D eigenvalue weighted by Gasteiger charge is 2.27. The molecule has 116 valence electrons. The third-order valence-corrected chi connectivity index (χ3v) is 3.72. The predicted molar refractivity (Wildman–Crippen MR) is 77.3 cm³/mol. The molecular weight excluding hydrogens is 258 g/mol. The Bertz CT molecular complexity index is 326. The number of hydrogen-bond acceptors (Lipinski definition) is 4. The minimum Gasteiger partial charge on any atom is -0.481 e. The van der Waals surface area contributed by atoms with Crippen molar-refractivity contribution in [3.8, 4) is 0 Å². The van der Waals surface area contributed by atoms with Gasteiger partial charge in [0.2, 0.25) is 5.91 Å². The summed E-state index contributed by atoms with van der Waals surface area (Å²) in [6.45, 7) is 8.00. The molecule has 1 saturated heterocycles. The van der Waals surface area contributed by atoms with E-state index in [1.165, 1.54) is 0 Å². The molecule has 1 atom stereocenters. The van der Waals surface area contributed by atoms with E-state index in [2.05, 4.69) is 18.7 Å². The maximum Gasteiger partial charge on any atom is 0.304 e. The summed E-state index contributed by atoms with van der Waals surface area (Å²) in [4.78, 5) is 26.9. The number of hydrogen-bond donors (Lipinski definition) is 2. The van der Waals surface area contributed by atoms with E-state index >= 15 is 0 Å². The van der Waals surface area contributed by atoms with Crippen LogP contribution in [0.4, 0.5) is 0 Å². The Morgan fingerprint density at radius 3 is 2.25 bits per heavy atom. The second-order valence-electron chi connectivity index (χ2n) is 5.87. The lowest BCUT2D eigenvalue weighted by atomic mass is 9.95. The van der Waals surface area contributed by atoms with Crippen molar-refractivity contribution < 1.29 is 14.7 Å². The van der Waals surface area contributed by atoms with Gasteiger partial charge < -0.3 is 15.7 Å². The van der Waals surface area contributed by atoms with E-state index in [0.29, 0.717) is 32.1 Å². The highest BCUT2D eigenvalue weighted by Crippen LogP contribution is 2.15. The van der Waals surface area contributed by atoms with Crippen LogP contribution in [-0.4, -0.2) is 66.1 Å². The summed E-state index contributed by atoms with van der Waals surface area (Å²) in [7, 11) is 0. The lowest BCUT2D eigenvalue weighted by Crippen LogP contribution is -2.51. The largest absolute Gasteiger partial charge is 0.481 e. The SMILES string of the molecule is CC(C)CC(CN)C(=O)N1CCN(CCC(=O)O)CC1. The number of piperazine rings is 1. The molecule has 6 heteroatoms. The van der Waals surface area contributed by atoms with Gasteiger partial charge in [-0.15, -0.1) is 0 Å². The van der Waals surface area contributed by atoms with Crippen molar-refractivity contribution in [3.05, 3.63) is 0 Å². The van der Waals surface area contributed by atoms with E-state index < -0.39 is 5.97 Å². The van der Waals surface area contributed by atoms with Crippen LogP contribution >= 0.6 is 0 Å². The molecule has 1 rings (SSSR count). The van der Waals surface area contributed by atoms with E-state index in [1.54, 1.807) is 0 Å². The van der Waals surface area contributed by atoms with Crippen molar-refractivity contribution in [1.29, 1.82) is 0 Å². The molecule has 0 aliphatic carbocycles. The van der Waals surface area contributed by atoms with Crippen LogP contribution in [-0.2, 0) is 9.59 Å². The van der Waals surface area contributed by atoms with Crippen molar-refractivity contribution in [2.45, 2.75) is 26.7 Å². The van der Waals surface area contributed by atoms with E-state index in [1.807, 2.05) is 4.90 Å². The van der Waals surface area contributed by atoms with Gasteiger partial charge in [-0.3, -0.25) is 14.5 Å². The van der Waals surface area contributed by atoms with Gasteiger partial charge >= 0.3 is 5.97 Å². The molecule has 1 heterocycles. The molecule has 1 aliphatic heterocycles. The standard InChI is InChI=1S/C14H27N3O3/c1-11(2)9-12(10-15)14(20)17-7-5-16(6-8-17)4-3-13(18)19/h11-12H,3-10,15H2,1-2H3,(H,18,19). The van der Waals surface area contributed by atoms with Gasteiger partial charge in [-0.05, 0) is 12.3 Å². The number of aliphatic carboxylic acids is 1. The van der Waals surface area contributed by atoms with E-state index in [0.717, 1.165) is 19.5 Å². The van der Waals surface area contributed by atoms with Crippen LogP contribution in [0.5, 0.6) is 0 Å². The molecule has 0 spiro atoms. The highest BCUT2D eigenvalue weighted by atomic mass is 16.4. The first-order chi connectivity index (χ1) is 9.43. The summed E-state index contributed by atoms with van der Waals surface area (Å²) in [5, 5.41) is 8.67. The van der Waals surface area contributed by atoms with Gasteiger partial charge in [-0.2, -0.15) is 0 Å². The van der Waals surface area contributed by atoms with Crippen molar-refractivity contribution in [2.75, 3.05) is 39.3 Å². The first-order valence-corrected chi connectivity index (χ1v) is 7.37. The summed E-state index contributed by atoms with van der Waals surface area (Å²) in [6.07, 6.45) is 0.987. The molecule has 3 N–H and O–H groups in total. The molecule has 0 aromatic heterocycles. The lowest BCUT2D eigenvalue weighted by molar-refractivity contribution is -0.139. The Morgan fingerprint density at radius 1 is 1.20 bits per heavy atom. The summed E-state index contributed by atoms with van der Waals surface area (Å²) < 4.78 is 0. The quantitative estimate of drug-likeness (QED) is 0.699. The van der Waals surface area contributed by atoms with Gasteiger partial charge in [0.1, 0.15) is 0 Å². The molecule has 1 aliphatic rings. The fraction of sp³-hybridized carbons (Fsp3) is 0.857. The fourth-order valence-corrected chi connectivity index (χ4v) is 2.57. The fourth-order valence-electron chi connectivity index (χ4n) is 2.57. The van der Waals surface area contributed by atoms with Gasteiger partial charge in [0, 0.05) is 39.3 Å². The number of nitrogens with zero attached hydrogens (tertiary/aromatic N) is 2. The molecule has 1 amide bonds. The first kappa shape index (κ1) is 16.9. The van der Waals surface area contributed by atoms with Gasteiger partial charge in [-0.1, -0.05) is 13.8 Å². The molecule has 0 aromatic carbocycles. The predicted octanol–water partition coefficient (Wildman–Crippen LogP) is 0.226. The van der Waals surface area contributed by atoms with Crippen molar-refractivity contribution in [2.24, 2.45) is 17.6 Å². The monoisotopic (exact) mass is 285 g/mol. The van der Waals surface area contributed by atoms with E-state index in [9.17, 15) is 9.59 Å². The minimum absolute atomic E-state index is 0.0828. The number of amides is 1. The maximum atomic E-state index is 12.4. The summed E-state index contributed by atoms with van der Waals surface area (Å²) in [5.41, 5.74) is 5.71. The topological polar surface area (TPSA) is 86.9 Å². The third-order valence-electron chi connectivity index (χ3n) is 3.72. The van der Waals surface area contributed by atoms with E-state index in [-0.39, 0.29) is 18.2 Å². The Kier molecular flexibility index (Phi) is 6.95. The molecular formula is C14H27N3O3. The van der Waals surface area contributed by atoms with Crippen LogP contribution in [0.2, 0.25) is 0 Å². The number of carboxylic acid groups (broad SMARTS) is 1. The molecule has 0 aromatic rings. The van der Waals surface area contributed by atoms with Crippen LogP contribution in [0.15, 0.2) is 0 Å². The molecule has 20 heavy (non-hydrogen) atoms. The van der Waals surface area contributed by atoms with Crippen LogP contribution in [0.25, 0.3) is 0 Å². The molecule has 0 bridgehead atoms. The molecule has 6 nitrogen and oxygen atoms in total. The van der Waals surface area contributed by atoms with Crippen molar-refractivity contribution in [1.82, 2.24) is 9.80 Å². The van der Waals surface area contributed by atoms with Gasteiger partial charge in [0.15, 0.2) is 0 Å². The normalized spacial score (nSPS) is 18.3. The summed E-state index contributed by atoms with van der Waals surface area (Å²) in [5.74, 6) is -0.243. The van der Waals surface area contributed by atoms with Crippen LogP contribution in [0.1, 0.15) is 26.7 Å². The first-order valence-electron chi connectivity index (χ1n) is 7.37. The second kappa shape index (κ2) is 8.21. The lowest BCUT2D eigenvalue weighted by Gasteiger charge is -2.36. The number of carboxylic acids is 1. The van der Waals surface area contributed by atoms with Crippen LogP contribution < -0.4 is 5.73 Å². The minimum atomic E-state index is -0.774. The molecule has 1 fully saturated rings. The zero-order valence-corrected chi connectivity index (χ0v) is 12.5. The second-order valence-corrected chi connectivity index (χ2v) is 5.87. The van der Waals surface area contributed by atoms with Gasteiger partial charge in [-0.25, -0.2) is 0 Å². The zero-order chi connectivity index (χ0) is 15.1. The van der Waals surface area contributed by atoms with Gasteiger partial charge in [0.25, 0.3) is 0 Å². The maximum absolute atomic E-state index is 12.4.